The van der Waals surface area contributed by atoms with Gasteiger partial charge in [-0.25, -0.2) is 0 Å². The zero-order valence-corrected chi connectivity index (χ0v) is 14.2. The second kappa shape index (κ2) is 6.51. The molecule has 1 aromatic heterocycles. The van der Waals surface area contributed by atoms with Gasteiger partial charge in [-0.05, 0) is 32.0 Å². The predicted molar refractivity (Wildman–Crippen MR) is 82.9 cm³/mol. The molecule has 8 heteroatoms. The molecule has 2 aromatic rings. The van der Waals surface area contributed by atoms with Gasteiger partial charge in [0.2, 0.25) is 0 Å². The third kappa shape index (κ3) is 3.77. The van der Waals surface area contributed by atoms with Crippen molar-refractivity contribution >= 4 is 15.9 Å². The lowest BCUT2D eigenvalue weighted by atomic mass is 10.1. The van der Waals surface area contributed by atoms with Crippen LogP contribution in [0.5, 0.6) is 5.75 Å². The highest BCUT2D eigenvalue weighted by molar-refractivity contribution is 7.87. The molecule has 1 heterocycles. The molecule has 0 amide bonds. The van der Waals surface area contributed by atoms with E-state index in [9.17, 15) is 13.2 Å². The van der Waals surface area contributed by atoms with Gasteiger partial charge in [0, 0.05) is 31.4 Å². The number of hydrogen-bond donors (Lipinski definition) is 0. The van der Waals surface area contributed by atoms with Crippen LogP contribution in [0.3, 0.4) is 0 Å². The first-order chi connectivity index (χ1) is 10.7. The minimum atomic E-state index is -4.04. The van der Waals surface area contributed by atoms with Crippen LogP contribution in [-0.2, 0) is 28.5 Å². The summed E-state index contributed by atoms with van der Waals surface area (Å²) in [5.41, 5.74) is 1.50. The number of ether oxygens (including phenoxy) is 1. The summed E-state index contributed by atoms with van der Waals surface area (Å²) in [6.07, 6.45) is 0. The van der Waals surface area contributed by atoms with E-state index >= 15 is 0 Å². The molecule has 0 N–H and O–H groups in total. The smallest absolute Gasteiger partial charge is 0.356 e. The number of ketones is 1. The number of aryl methyl sites for hydroxylation is 2. The van der Waals surface area contributed by atoms with E-state index in [0.717, 1.165) is 0 Å². The van der Waals surface area contributed by atoms with E-state index in [1.807, 2.05) is 0 Å². The second-order valence-corrected chi connectivity index (χ2v) is 6.59. The molecule has 0 aliphatic heterocycles. The average molecular weight is 338 g/mol. The van der Waals surface area contributed by atoms with Crippen molar-refractivity contribution in [3.8, 4) is 5.75 Å². The SMILES string of the molecule is COCc1cc(C(C)=O)ccc1OS(=O)(=O)c1cc(C)nn1C. The largest absolute Gasteiger partial charge is 0.380 e. The topological polar surface area (TPSA) is 87.5 Å². The number of Topliss-reactive ketones (excluding diaryl/α,β-unsaturated/α-hetero) is 1. The number of benzene rings is 1. The van der Waals surface area contributed by atoms with Crippen molar-refractivity contribution < 1.29 is 22.1 Å². The molecule has 0 radical (unpaired) electrons. The first kappa shape index (κ1) is 17.2. The molecule has 0 bridgehead atoms. The van der Waals surface area contributed by atoms with Crippen LogP contribution in [0.1, 0.15) is 28.5 Å². The Hall–Kier alpha value is -2.19. The standard InChI is InChI=1S/C15H18N2O5S/c1-10-7-15(17(3)16-10)23(19,20)22-14-6-5-12(11(2)18)8-13(14)9-21-4/h5-8H,9H2,1-4H3. The van der Waals surface area contributed by atoms with Crippen molar-refractivity contribution in [3.63, 3.8) is 0 Å². The first-order valence-corrected chi connectivity index (χ1v) is 8.23. The number of rotatable bonds is 6. The Bertz CT molecular complexity index is 840. The lowest BCUT2D eigenvalue weighted by Gasteiger charge is -2.12. The Kier molecular flexibility index (Phi) is 4.86. The van der Waals surface area contributed by atoms with Gasteiger partial charge in [-0.1, -0.05) is 0 Å². The van der Waals surface area contributed by atoms with Gasteiger partial charge in [0.1, 0.15) is 5.75 Å². The Morgan fingerprint density at radius 3 is 2.52 bits per heavy atom. The lowest BCUT2D eigenvalue weighted by Crippen LogP contribution is -2.15. The van der Waals surface area contributed by atoms with Crippen LogP contribution in [0.2, 0.25) is 0 Å². The maximum Gasteiger partial charge on any atom is 0.356 e. The molecule has 0 unspecified atom stereocenters. The van der Waals surface area contributed by atoms with E-state index in [1.165, 1.54) is 44.0 Å². The van der Waals surface area contributed by atoms with Crippen LogP contribution in [0.25, 0.3) is 0 Å². The molecule has 124 valence electrons. The van der Waals surface area contributed by atoms with E-state index in [2.05, 4.69) is 5.10 Å². The van der Waals surface area contributed by atoms with Gasteiger partial charge in [-0.2, -0.15) is 13.5 Å². The molecule has 0 saturated heterocycles. The maximum atomic E-state index is 12.4. The monoisotopic (exact) mass is 338 g/mol. The van der Waals surface area contributed by atoms with Crippen LogP contribution in [0, 0.1) is 6.92 Å². The van der Waals surface area contributed by atoms with E-state index in [0.29, 0.717) is 16.8 Å². The molecule has 0 saturated carbocycles. The number of nitrogens with zero attached hydrogens (tertiary/aromatic N) is 2. The zero-order chi connectivity index (χ0) is 17.2. The fourth-order valence-electron chi connectivity index (χ4n) is 2.13. The summed E-state index contributed by atoms with van der Waals surface area (Å²) in [4.78, 5) is 11.5. The fourth-order valence-corrected chi connectivity index (χ4v) is 3.29. The Morgan fingerprint density at radius 1 is 1.30 bits per heavy atom. The van der Waals surface area contributed by atoms with Crippen molar-refractivity contribution in [3.05, 3.63) is 41.1 Å². The zero-order valence-electron chi connectivity index (χ0n) is 13.4. The molecule has 0 atom stereocenters. The van der Waals surface area contributed by atoms with Crippen molar-refractivity contribution in [2.24, 2.45) is 7.05 Å². The quantitative estimate of drug-likeness (QED) is 0.590. The van der Waals surface area contributed by atoms with Gasteiger partial charge in [-0.15, -0.1) is 0 Å². The van der Waals surface area contributed by atoms with Gasteiger partial charge in [0.05, 0.1) is 12.3 Å². The second-order valence-electron chi connectivity index (χ2n) is 5.10. The van der Waals surface area contributed by atoms with Crippen LogP contribution in [0.4, 0.5) is 0 Å². The highest BCUT2D eigenvalue weighted by Crippen LogP contribution is 2.25. The molecular formula is C15H18N2O5S. The van der Waals surface area contributed by atoms with E-state index in [4.69, 9.17) is 8.92 Å². The van der Waals surface area contributed by atoms with Gasteiger partial charge >= 0.3 is 10.1 Å². The van der Waals surface area contributed by atoms with Crippen molar-refractivity contribution in [1.82, 2.24) is 9.78 Å². The molecule has 0 aliphatic rings. The highest BCUT2D eigenvalue weighted by atomic mass is 32.2. The summed E-state index contributed by atoms with van der Waals surface area (Å²) >= 11 is 0. The fraction of sp³-hybridized carbons (Fsp3) is 0.333. The van der Waals surface area contributed by atoms with Crippen molar-refractivity contribution in [2.75, 3.05) is 7.11 Å². The molecule has 0 spiro atoms. The summed E-state index contributed by atoms with van der Waals surface area (Å²) < 4.78 is 36.3. The summed E-state index contributed by atoms with van der Waals surface area (Å²) in [7, 11) is -1.04. The summed E-state index contributed by atoms with van der Waals surface area (Å²) in [6.45, 7) is 3.25. The van der Waals surface area contributed by atoms with E-state index in [1.54, 1.807) is 13.0 Å². The normalized spacial score (nSPS) is 11.5. The van der Waals surface area contributed by atoms with Gasteiger partial charge < -0.3 is 8.92 Å². The van der Waals surface area contributed by atoms with Gasteiger partial charge in [0.15, 0.2) is 10.8 Å². The Balaban J connectivity index is 2.42. The number of carbonyl (C=O) groups is 1. The highest BCUT2D eigenvalue weighted by Gasteiger charge is 2.23. The summed E-state index contributed by atoms with van der Waals surface area (Å²) in [5, 5.41) is 3.96. The van der Waals surface area contributed by atoms with Crippen LogP contribution in [-0.4, -0.2) is 31.1 Å². The minimum absolute atomic E-state index is 0.0472. The van der Waals surface area contributed by atoms with Gasteiger partial charge in [-0.3, -0.25) is 9.48 Å². The van der Waals surface area contributed by atoms with E-state index < -0.39 is 10.1 Å². The molecule has 0 aliphatic carbocycles. The van der Waals surface area contributed by atoms with Crippen LogP contribution >= 0.6 is 0 Å². The van der Waals surface area contributed by atoms with E-state index in [-0.39, 0.29) is 23.2 Å². The molecule has 0 fully saturated rings. The third-order valence-corrected chi connectivity index (χ3v) is 4.47. The summed E-state index contributed by atoms with van der Waals surface area (Å²) in [5.74, 6) is -0.00489. The lowest BCUT2D eigenvalue weighted by molar-refractivity contribution is 0.101. The Labute approximate surface area is 135 Å². The Morgan fingerprint density at radius 2 is 2.00 bits per heavy atom. The number of aromatic nitrogens is 2. The van der Waals surface area contributed by atoms with Crippen LogP contribution < -0.4 is 4.18 Å². The number of hydrogen-bond acceptors (Lipinski definition) is 6. The predicted octanol–water partition coefficient (Wildman–Crippen LogP) is 1.85. The number of methoxy groups -OCH3 is 1. The molecule has 23 heavy (non-hydrogen) atoms. The molecular weight excluding hydrogens is 320 g/mol. The first-order valence-electron chi connectivity index (χ1n) is 6.82. The van der Waals surface area contributed by atoms with Crippen molar-refractivity contribution in [2.45, 2.75) is 25.5 Å². The molecule has 7 nitrogen and oxygen atoms in total. The van der Waals surface area contributed by atoms with Crippen molar-refractivity contribution in [1.29, 1.82) is 0 Å². The average Bonchev–Trinajstić information content (AvgIpc) is 2.80. The third-order valence-electron chi connectivity index (χ3n) is 3.18. The summed E-state index contributed by atoms with van der Waals surface area (Å²) in [6, 6.07) is 5.95. The minimum Gasteiger partial charge on any atom is -0.380 e. The van der Waals surface area contributed by atoms with Gasteiger partial charge in [0.25, 0.3) is 0 Å². The molecule has 1 aromatic carbocycles. The number of carbonyl (C=O) groups excluding carboxylic acids is 1. The maximum absolute atomic E-state index is 12.4. The molecule has 2 rings (SSSR count). The van der Waals surface area contributed by atoms with Crippen LogP contribution in [0.15, 0.2) is 29.3 Å².